The summed E-state index contributed by atoms with van der Waals surface area (Å²) in [7, 11) is 0. The molecule has 0 radical (unpaired) electrons. The summed E-state index contributed by atoms with van der Waals surface area (Å²) in [5.74, 6) is 0.293. The Labute approximate surface area is 75.2 Å². The summed E-state index contributed by atoms with van der Waals surface area (Å²) in [5.41, 5.74) is 0.0694. The van der Waals surface area contributed by atoms with Crippen LogP contribution in [-0.4, -0.2) is 15.1 Å². The van der Waals surface area contributed by atoms with Gasteiger partial charge >= 0.3 is 0 Å². The Morgan fingerprint density at radius 2 is 2.23 bits per heavy atom. The Morgan fingerprint density at radius 3 is 2.85 bits per heavy atom. The molecule has 0 bridgehead atoms. The lowest BCUT2D eigenvalue weighted by molar-refractivity contribution is 0.0501. The molecule has 0 unspecified atom stereocenters. The van der Waals surface area contributed by atoms with Crippen LogP contribution in [-0.2, 0) is 5.60 Å². The van der Waals surface area contributed by atoms with Crippen molar-refractivity contribution in [2.24, 2.45) is 0 Å². The molecule has 68 valence electrons. The largest absolute Gasteiger partial charge is 0.436 e. The van der Waals surface area contributed by atoms with Crippen LogP contribution >= 0.6 is 0 Å². The molecule has 0 saturated heterocycles. The zero-order valence-corrected chi connectivity index (χ0v) is 7.48. The number of aromatic nitrogens is 2. The highest BCUT2D eigenvalue weighted by Gasteiger charge is 2.23. The SMILES string of the molecule is CC(C)(O)c1nc2ncccc2o1. The van der Waals surface area contributed by atoms with Crippen LogP contribution in [0.25, 0.3) is 11.2 Å². The first-order chi connectivity index (χ1) is 6.07. The van der Waals surface area contributed by atoms with Gasteiger partial charge in [0, 0.05) is 6.20 Å². The van der Waals surface area contributed by atoms with Crippen molar-refractivity contribution in [2.45, 2.75) is 19.4 Å². The Hall–Kier alpha value is -1.42. The Balaban J connectivity index is 2.63. The lowest BCUT2D eigenvalue weighted by Gasteiger charge is -2.10. The fraction of sp³-hybridized carbons (Fsp3) is 0.333. The molecule has 2 heterocycles. The first-order valence-electron chi connectivity index (χ1n) is 4.02. The molecule has 0 aliphatic carbocycles. The van der Waals surface area contributed by atoms with Crippen molar-refractivity contribution in [3.8, 4) is 0 Å². The second kappa shape index (κ2) is 2.53. The van der Waals surface area contributed by atoms with Gasteiger partial charge in [-0.2, -0.15) is 4.98 Å². The smallest absolute Gasteiger partial charge is 0.228 e. The average Bonchev–Trinajstić information content (AvgIpc) is 2.45. The molecule has 0 saturated carbocycles. The number of oxazole rings is 1. The first kappa shape index (κ1) is 8.19. The van der Waals surface area contributed by atoms with E-state index < -0.39 is 5.60 Å². The van der Waals surface area contributed by atoms with Crippen LogP contribution in [0.15, 0.2) is 22.7 Å². The summed E-state index contributed by atoms with van der Waals surface area (Å²) >= 11 is 0. The summed E-state index contributed by atoms with van der Waals surface area (Å²) in [6.07, 6.45) is 1.64. The zero-order valence-electron chi connectivity index (χ0n) is 7.48. The van der Waals surface area contributed by atoms with Gasteiger partial charge in [-0.15, -0.1) is 0 Å². The molecule has 4 heteroatoms. The maximum atomic E-state index is 9.61. The second-order valence-electron chi connectivity index (χ2n) is 3.40. The minimum absolute atomic E-state index is 0.293. The molecule has 0 aliphatic rings. The van der Waals surface area contributed by atoms with Crippen LogP contribution in [0.4, 0.5) is 0 Å². The van der Waals surface area contributed by atoms with Crippen LogP contribution < -0.4 is 0 Å². The van der Waals surface area contributed by atoms with Gasteiger partial charge in [-0.25, -0.2) is 4.98 Å². The van der Waals surface area contributed by atoms with Crippen molar-refractivity contribution in [3.05, 3.63) is 24.2 Å². The standard InChI is InChI=1S/C9H10N2O2/c1-9(2,12)8-11-7-6(13-8)4-3-5-10-7/h3-5,12H,1-2H3. The molecule has 0 aliphatic heterocycles. The fourth-order valence-electron chi connectivity index (χ4n) is 1.03. The number of nitrogens with zero attached hydrogens (tertiary/aromatic N) is 2. The molecule has 0 amide bonds. The van der Waals surface area contributed by atoms with Gasteiger partial charge in [0.1, 0.15) is 5.60 Å². The number of rotatable bonds is 1. The third kappa shape index (κ3) is 1.40. The Morgan fingerprint density at radius 1 is 1.46 bits per heavy atom. The highest BCUT2D eigenvalue weighted by molar-refractivity contribution is 5.67. The number of aliphatic hydroxyl groups is 1. The van der Waals surface area contributed by atoms with Crippen LogP contribution in [0.1, 0.15) is 19.7 Å². The molecule has 1 N–H and O–H groups in total. The summed E-state index contributed by atoms with van der Waals surface area (Å²) in [6, 6.07) is 3.53. The van der Waals surface area contributed by atoms with Gasteiger partial charge in [0.25, 0.3) is 0 Å². The van der Waals surface area contributed by atoms with Crippen molar-refractivity contribution in [3.63, 3.8) is 0 Å². The van der Waals surface area contributed by atoms with Crippen LogP contribution in [0, 0.1) is 0 Å². The molecule has 0 aromatic carbocycles. The first-order valence-corrected chi connectivity index (χ1v) is 4.02. The summed E-state index contributed by atoms with van der Waals surface area (Å²) < 4.78 is 5.31. The van der Waals surface area contributed by atoms with Crippen molar-refractivity contribution in [1.82, 2.24) is 9.97 Å². The normalized spacial score (nSPS) is 12.2. The minimum atomic E-state index is -1.05. The lowest BCUT2D eigenvalue weighted by Crippen LogP contribution is -2.15. The van der Waals surface area contributed by atoms with E-state index in [0.29, 0.717) is 17.1 Å². The molecule has 2 aromatic heterocycles. The van der Waals surface area contributed by atoms with Crippen LogP contribution in [0.2, 0.25) is 0 Å². The van der Waals surface area contributed by atoms with Gasteiger partial charge < -0.3 is 9.52 Å². The number of hydrogen-bond acceptors (Lipinski definition) is 4. The molecule has 0 spiro atoms. The quantitative estimate of drug-likeness (QED) is 0.718. The Kier molecular flexibility index (Phi) is 1.60. The third-order valence-electron chi connectivity index (χ3n) is 1.69. The van der Waals surface area contributed by atoms with Crippen molar-refractivity contribution in [1.29, 1.82) is 0 Å². The minimum Gasteiger partial charge on any atom is -0.436 e. The lowest BCUT2D eigenvalue weighted by atomic mass is 10.1. The topological polar surface area (TPSA) is 59.2 Å². The van der Waals surface area contributed by atoms with E-state index in [4.69, 9.17) is 4.42 Å². The summed E-state index contributed by atoms with van der Waals surface area (Å²) in [4.78, 5) is 8.06. The zero-order chi connectivity index (χ0) is 9.47. The van der Waals surface area contributed by atoms with E-state index in [9.17, 15) is 5.11 Å². The van der Waals surface area contributed by atoms with Crippen molar-refractivity contribution in [2.75, 3.05) is 0 Å². The molecular formula is C9H10N2O2. The summed E-state index contributed by atoms with van der Waals surface area (Å²) in [6.45, 7) is 3.25. The fourth-order valence-corrected chi connectivity index (χ4v) is 1.03. The van der Waals surface area contributed by atoms with Crippen molar-refractivity contribution >= 4 is 11.2 Å². The molecule has 2 rings (SSSR count). The number of pyridine rings is 1. The maximum absolute atomic E-state index is 9.61. The van der Waals surface area contributed by atoms with Gasteiger partial charge in [0.15, 0.2) is 11.2 Å². The molecule has 2 aromatic rings. The van der Waals surface area contributed by atoms with E-state index in [0.717, 1.165) is 0 Å². The Bertz CT molecular complexity index is 395. The van der Waals surface area contributed by atoms with Gasteiger partial charge in [-0.3, -0.25) is 0 Å². The molecule has 0 atom stereocenters. The third-order valence-corrected chi connectivity index (χ3v) is 1.69. The van der Waals surface area contributed by atoms with Gasteiger partial charge in [-0.1, -0.05) is 0 Å². The van der Waals surface area contributed by atoms with E-state index >= 15 is 0 Å². The molecule has 0 fully saturated rings. The van der Waals surface area contributed by atoms with E-state index in [1.807, 2.05) is 0 Å². The van der Waals surface area contributed by atoms with Crippen LogP contribution in [0.5, 0.6) is 0 Å². The predicted molar refractivity (Wildman–Crippen MR) is 47.0 cm³/mol. The molecule has 4 nitrogen and oxygen atoms in total. The number of fused-ring (bicyclic) bond motifs is 1. The highest BCUT2D eigenvalue weighted by atomic mass is 16.4. The van der Waals surface area contributed by atoms with Crippen molar-refractivity contribution < 1.29 is 9.52 Å². The molecule has 13 heavy (non-hydrogen) atoms. The average molecular weight is 178 g/mol. The van der Waals surface area contributed by atoms with Gasteiger partial charge in [0.2, 0.25) is 5.89 Å². The second-order valence-corrected chi connectivity index (χ2v) is 3.40. The highest BCUT2D eigenvalue weighted by Crippen LogP contribution is 2.22. The van der Waals surface area contributed by atoms with Gasteiger partial charge in [-0.05, 0) is 26.0 Å². The monoisotopic (exact) mass is 178 g/mol. The van der Waals surface area contributed by atoms with E-state index in [2.05, 4.69) is 9.97 Å². The predicted octanol–water partition coefficient (Wildman–Crippen LogP) is 1.45. The van der Waals surface area contributed by atoms with Crippen LogP contribution in [0.3, 0.4) is 0 Å². The van der Waals surface area contributed by atoms with E-state index in [1.54, 1.807) is 32.2 Å². The maximum Gasteiger partial charge on any atom is 0.228 e. The number of hydrogen-bond donors (Lipinski definition) is 1. The van der Waals surface area contributed by atoms with E-state index in [1.165, 1.54) is 0 Å². The van der Waals surface area contributed by atoms with E-state index in [-0.39, 0.29) is 0 Å². The molecular weight excluding hydrogens is 168 g/mol. The van der Waals surface area contributed by atoms with Gasteiger partial charge in [0.05, 0.1) is 0 Å². The summed E-state index contributed by atoms with van der Waals surface area (Å²) in [5, 5.41) is 9.61.